The van der Waals surface area contributed by atoms with Gasteiger partial charge in [0.1, 0.15) is 11.8 Å². The summed E-state index contributed by atoms with van der Waals surface area (Å²) >= 11 is 4.84. The number of amides is 1. The molecule has 2 aromatic heterocycles. The normalized spacial score (nSPS) is 18.4. The zero-order valence-corrected chi connectivity index (χ0v) is 17.9. The molecule has 4 rings (SSSR count). The van der Waals surface area contributed by atoms with Crippen molar-refractivity contribution in [3.05, 3.63) is 91.9 Å². The van der Waals surface area contributed by atoms with E-state index in [-0.39, 0.29) is 17.9 Å². The van der Waals surface area contributed by atoms with Crippen LogP contribution in [-0.2, 0) is 16.1 Å². The SMILES string of the molecule is Cc1ccsc1C1/C(=C(/O)c2ccc(Br)cc2)C(=O)C(=O)N1Cc1ccncc1. The average Bonchev–Trinajstić information content (AvgIpc) is 3.25. The van der Waals surface area contributed by atoms with Gasteiger partial charge in [0.15, 0.2) is 0 Å². The summed E-state index contributed by atoms with van der Waals surface area (Å²) in [5.74, 6) is -1.44. The van der Waals surface area contributed by atoms with Crippen molar-refractivity contribution in [3.8, 4) is 0 Å². The number of ketones is 1. The Kier molecular flexibility index (Phi) is 5.34. The highest BCUT2D eigenvalue weighted by molar-refractivity contribution is 9.10. The van der Waals surface area contributed by atoms with Gasteiger partial charge in [0.05, 0.1) is 5.57 Å². The average molecular weight is 469 g/mol. The number of halogens is 1. The highest BCUT2D eigenvalue weighted by Crippen LogP contribution is 2.43. The molecule has 0 aliphatic carbocycles. The monoisotopic (exact) mass is 468 g/mol. The van der Waals surface area contributed by atoms with Gasteiger partial charge in [0, 0.05) is 33.9 Å². The summed E-state index contributed by atoms with van der Waals surface area (Å²) < 4.78 is 0.859. The van der Waals surface area contributed by atoms with Gasteiger partial charge in [-0.15, -0.1) is 11.3 Å². The number of aryl methyl sites for hydroxylation is 1. The minimum atomic E-state index is -0.669. The second kappa shape index (κ2) is 7.93. The van der Waals surface area contributed by atoms with Gasteiger partial charge in [-0.2, -0.15) is 0 Å². The lowest BCUT2D eigenvalue weighted by atomic mass is 9.98. The number of aromatic nitrogens is 1. The van der Waals surface area contributed by atoms with Gasteiger partial charge < -0.3 is 10.0 Å². The van der Waals surface area contributed by atoms with E-state index in [1.807, 2.05) is 30.5 Å². The first-order valence-corrected chi connectivity index (χ1v) is 10.6. The molecule has 1 N–H and O–H groups in total. The number of hydrogen-bond acceptors (Lipinski definition) is 5. The number of benzene rings is 1. The highest BCUT2D eigenvalue weighted by atomic mass is 79.9. The quantitative estimate of drug-likeness (QED) is 0.338. The van der Waals surface area contributed by atoms with Crippen molar-refractivity contribution in [2.24, 2.45) is 0 Å². The second-order valence-corrected chi connectivity index (χ2v) is 8.62. The van der Waals surface area contributed by atoms with Gasteiger partial charge in [0.2, 0.25) is 0 Å². The van der Waals surface area contributed by atoms with E-state index < -0.39 is 17.7 Å². The molecule has 1 saturated heterocycles. The zero-order chi connectivity index (χ0) is 20.5. The summed E-state index contributed by atoms with van der Waals surface area (Å²) in [5, 5.41) is 12.9. The Bertz CT molecular complexity index is 1110. The maximum absolute atomic E-state index is 13.0. The van der Waals surface area contributed by atoms with Crippen LogP contribution >= 0.6 is 27.3 Å². The Morgan fingerprint density at radius 3 is 2.45 bits per heavy atom. The highest BCUT2D eigenvalue weighted by Gasteiger charge is 2.47. The van der Waals surface area contributed by atoms with Crippen LogP contribution in [0.1, 0.15) is 27.6 Å². The second-order valence-electron chi connectivity index (χ2n) is 6.76. The van der Waals surface area contributed by atoms with Crippen LogP contribution in [-0.4, -0.2) is 26.7 Å². The first-order chi connectivity index (χ1) is 14.0. The molecular formula is C22H17BrN2O3S. The molecule has 29 heavy (non-hydrogen) atoms. The number of rotatable bonds is 4. The van der Waals surface area contributed by atoms with E-state index in [1.54, 1.807) is 36.7 Å². The van der Waals surface area contributed by atoms with Gasteiger partial charge >= 0.3 is 0 Å². The first kappa shape index (κ1) is 19.5. The molecule has 0 radical (unpaired) electrons. The molecule has 1 aliphatic heterocycles. The van der Waals surface area contributed by atoms with Gasteiger partial charge in [-0.1, -0.05) is 28.1 Å². The maximum atomic E-state index is 13.0. The number of nitrogens with zero attached hydrogens (tertiary/aromatic N) is 2. The van der Waals surface area contributed by atoms with E-state index in [9.17, 15) is 14.7 Å². The van der Waals surface area contributed by atoms with E-state index in [0.717, 1.165) is 20.5 Å². The minimum absolute atomic E-state index is 0.122. The topological polar surface area (TPSA) is 70.5 Å². The van der Waals surface area contributed by atoms with Gasteiger partial charge in [-0.25, -0.2) is 0 Å². The number of carbonyl (C=O) groups is 2. The number of likely N-dealkylation sites (tertiary alicyclic amines) is 1. The van der Waals surface area contributed by atoms with Crippen molar-refractivity contribution in [1.82, 2.24) is 9.88 Å². The van der Waals surface area contributed by atoms with Gasteiger partial charge in [-0.05, 0) is 53.8 Å². The fraction of sp³-hybridized carbons (Fsp3) is 0.136. The Labute approximate surface area is 180 Å². The number of aliphatic hydroxyl groups is 1. The maximum Gasteiger partial charge on any atom is 0.295 e. The fourth-order valence-electron chi connectivity index (χ4n) is 3.43. The summed E-state index contributed by atoms with van der Waals surface area (Å²) in [5.41, 5.74) is 2.46. The predicted octanol–water partition coefficient (Wildman–Crippen LogP) is 4.84. The number of thiophene rings is 1. The van der Waals surface area contributed by atoms with Gasteiger partial charge in [-0.3, -0.25) is 14.6 Å². The van der Waals surface area contributed by atoms with E-state index >= 15 is 0 Å². The smallest absolute Gasteiger partial charge is 0.295 e. The van der Waals surface area contributed by atoms with E-state index in [2.05, 4.69) is 20.9 Å². The molecule has 1 atom stereocenters. The number of Topliss-reactive ketones (excluding diaryl/α,β-unsaturated/α-hetero) is 1. The molecule has 1 unspecified atom stereocenters. The molecule has 0 spiro atoms. The molecule has 5 nitrogen and oxygen atoms in total. The van der Waals surface area contributed by atoms with Crippen molar-refractivity contribution in [2.75, 3.05) is 0 Å². The summed E-state index contributed by atoms with van der Waals surface area (Å²) in [7, 11) is 0. The standard InChI is InChI=1S/C22H17BrN2O3S/c1-13-8-11-29-21(13)18-17(19(26)15-2-4-16(23)5-3-15)20(27)22(28)25(18)12-14-6-9-24-10-7-14/h2-11,18,26H,12H2,1H3/b19-17-. The lowest BCUT2D eigenvalue weighted by Crippen LogP contribution is -2.29. The Hall–Kier alpha value is -2.77. The van der Waals surface area contributed by atoms with Crippen LogP contribution in [0.5, 0.6) is 0 Å². The lowest BCUT2D eigenvalue weighted by Gasteiger charge is -2.25. The molecule has 7 heteroatoms. The molecule has 1 fully saturated rings. The van der Waals surface area contributed by atoms with E-state index in [4.69, 9.17) is 0 Å². The molecule has 1 aliphatic rings. The van der Waals surface area contributed by atoms with Crippen molar-refractivity contribution in [2.45, 2.75) is 19.5 Å². The van der Waals surface area contributed by atoms with Crippen LogP contribution in [0.2, 0.25) is 0 Å². The van der Waals surface area contributed by atoms with E-state index in [0.29, 0.717) is 5.56 Å². The van der Waals surface area contributed by atoms with Crippen molar-refractivity contribution >= 4 is 44.7 Å². The van der Waals surface area contributed by atoms with Gasteiger partial charge in [0.25, 0.3) is 11.7 Å². The minimum Gasteiger partial charge on any atom is -0.507 e. The summed E-state index contributed by atoms with van der Waals surface area (Å²) in [6, 6.07) is 11.9. The third-order valence-electron chi connectivity index (χ3n) is 4.91. The third-order valence-corrected chi connectivity index (χ3v) is 6.51. The molecule has 1 aromatic carbocycles. The Morgan fingerprint density at radius 2 is 1.83 bits per heavy atom. The number of pyridine rings is 1. The first-order valence-electron chi connectivity index (χ1n) is 8.94. The summed E-state index contributed by atoms with van der Waals surface area (Å²) in [4.78, 5) is 32.3. The molecule has 3 aromatic rings. The molecule has 0 bridgehead atoms. The predicted molar refractivity (Wildman–Crippen MR) is 115 cm³/mol. The molecular weight excluding hydrogens is 452 g/mol. The zero-order valence-electron chi connectivity index (χ0n) is 15.5. The number of aliphatic hydroxyl groups excluding tert-OH is 1. The van der Waals surface area contributed by atoms with Crippen LogP contribution in [0.3, 0.4) is 0 Å². The van der Waals surface area contributed by atoms with E-state index in [1.165, 1.54) is 16.2 Å². The molecule has 1 amide bonds. The summed E-state index contributed by atoms with van der Waals surface area (Å²) in [6.45, 7) is 2.20. The van der Waals surface area contributed by atoms with Crippen molar-refractivity contribution < 1.29 is 14.7 Å². The van der Waals surface area contributed by atoms with Crippen LogP contribution in [0.4, 0.5) is 0 Å². The van der Waals surface area contributed by atoms with Crippen molar-refractivity contribution in [1.29, 1.82) is 0 Å². The molecule has 3 heterocycles. The molecule has 0 saturated carbocycles. The Balaban J connectivity index is 1.86. The third kappa shape index (κ3) is 3.63. The van der Waals surface area contributed by atoms with Crippen LogP contribution < -0.4 is 0 Å². The lowest BCUT2D eigenvalue weighted by molar-refractivity contribution is -0.140. The van der Waals surface area contributed by atoms with Crippen LogP contribution in [0, 0.1) is 6.92 Å². The fourth-order valence-corrected chi connectivity index (χ4v) is 4.74. The molecule has 146 valence electrons. The number of hydrogen-bond donors (Lipinski definition) is 1. The van der Waals surface area contributed by atoms with Crippen molar-refractivity contribution in [3.63, 3.8) is 0 Å². The van der Waals surface area contributed by atoms with Crippen LogP contribution in [0.15, 0.2) is 70.3 Å². The Morgan fingerprint density at radius 1 is 1.14 bits per heavy atom. The van der Waals surface area contributed by atoms with Crippen LogP contribution in [0.25, 0.3) is 5.76 Å². The largest absolute Gasteiger partial charge is 0.507 e. The summed E-state index contributed by atoms with van der Waals surface area (Å²) in [6.07, 6.45) is 3.30. The number of carbonyl (C=O) groups excluding carboxylic acids is 2.